The van der Waals surface area contributed by atoms with E-state index in [1.165, 1.54) is 23.6 Å². The molecule has 0 aromatic heterocycles. The summed E-state index contributed by atoms with van der Waals surface area (Å²) in [4.78, 5) is 23.2. The Labute approximate surface area is 520 Å². The molecule has 12 nitrogen and oxygen atoms in total. The van der Waals surface area contributed by atoms with Crippen molar-refractivity contribution < 1.29 is 49.0 Å². The van der Waals surface area contributed by atoms with Gasteiger partial charge in [-0.2, -0.15) is 0 Å². The van der Waals surface area contributed by atoms with Gasteiger partial charge < -0.3 is 49.2 Å². The smallest absolute Gasteiger partial charge is 0.218 e. The highest BCUT2D eigenvalue weighted by Gasteiger charge is 2.65. The van der Waals surface area contributed by atoms with Crippen LogP contribution in [-0.2, 0) is 50.9 Å². The predicted octanol–water partition coefficient (Wildman–Crippen LogP) is 12.8. The third kappa shape index (κ3) is 13.8. The summed E-state index contributed by atoms with van der Waals surface area (Å²) in [5, 5.41) is 51.5. The SMILES string of the molecule is CC(=O)N(C)C.CC(=O)N(C)C.OC(c1ccccc1)(c1ccccc1)[C@@H]1OC2(CCCCC2)O[C@H]1C(O)(c1ccccc1)c1ccccc1.OC(c1ccccc1)(c1ccccc1)[C@@H]1OC2(CCCCC2)O[C@H]1C(O)(c1ccccc1)c1ccccc1. The lowest BCUT2D eigenvalue weighted by Crippen LogP contribution is -2.54. The van der Waals surface area contributed by atoms with Gasteiger partial charge in [0.05, 0.1) is 0 Å². The zero-order valence-electron chi connectivity index (χ0n) is 51.6. The van der Waals surface area contributed by atoms with Gasteiger partial charge in [0, 0.05) is 67.7 Å². The van der Waals surface area contributed by atoms with E-state index >= 15 is 0 Å². The standard InChI is InChI=1S/2C34H34O4.2C4H9NO/c2*35-33(26-16-6-1-7-17-26,27-18-8-2-9-19-27)30-31(38-32(37-30)24-14-5-15-25-32)34(36,28-20-10-3-11-21-28)29-22-12-4-13-23-29;2*1-4(6)5(2)3/h2*1-4,6-13,16-23,30-31,35-36H,5,14-15,24-25H2;2*1-3H3/t2*30-,31-;;/m11../s1. The molecular weight excluding hydrogens is 1100 g/mol. The molecule has 0 bridgehead atoms. The highest BCUT2D eigenvalue weighted by molar-refractivity contribution is 5.72. The molecule has 8 aromatic rings. The lowest BCUT2D eigenvalue weighted by molar-refractivity contribution is -0.213. The van der Waals surface area contributed by atoms with Crippen molar-refractivity contribution in [3.8, 4) is 0 Å². The van der Waals surface area contributed by atoms with E-state index in [0.717, 1.165) is 64.2 Å². The number of amides is 2. The molecule has 0 unspecified atom stereocenters. The van der Waals surface area contributed by atoms with Gasteiger partial charge in [0.2, 0.25) is 11.8 Å². The van der Waals surface area contributed by atoms with E-state index in [1.807, 2.05) is 243 Å². The molecule has 12 rings (SSSR count). The minimum atomic E-state index is -1.58. The molecule has 4 fully saturated rings. The van der Waals surface area contributed by atoms with Gasteiger partial charge in [-0.3, -0.25) is 9.59 Å². The van der Waals surface area contributed by atoms with Gasteiger partial charge in [-0.1, -0.05) is 255 Å². The quantitative estimate of drug-likeness (QED) is 0.0928. The second-order valence-corrected chi connectivity index (χ2v) is 23.9. The first-order chi connectivity index (χ1) is 42.4. The van der Waals surface area contributed by atoms with Crippen LogP contribution in [0.2, 0.25) is 0 Å². The van der Waals surface area contributed by atoms with Crippen LogP contribution in [0.1, 0.15) is 123 Å². The van der Waals surface area contributed by atoms with Gasteiger partial charge in [0.15, 0.2) is 11.6 Å². The van der Waals surface area contributed by atoms with Gasteiger partial charge >= 0.3 is 0 Å². The third-order valence-corrected chi connectivity index (χ3v) is 17.8. The van der Waals surface area contributed by atoms with Crippen LogP contribution in [0.25, 0.3) is 0 Å². The lowest BCUT2D eigenvalue weighted by Gasteiger charge is -2.42. The molecule has 4 atom stereocenters. The van der Waals surface area contributed by atoms with Gasteiger partial charge in [-0.15, -0.1) is 0 Å². The van der Waals surface area contributed by atoms with Crippen molar-refractivity contribution in [1.82, 2.24) is 9.80 Å². The maximum atomic E-state index is 12.9. The minimum absolute atomic E-state index is 0.0926. The van der Waals surface area contributed by atoms with E-state index < -0.39 is 58.4 Å². The van der Waals surface area contributed by atoms with Crippen molar-refractivity contribution in [2.45, 2.75) is 136 Å². The Hall–Kier alpha value is -7.62. The fourth-order valence-electron chi connectivity index (χ4n) is 12.6. The van der Waals surface area contributed by atoms with E-state index in [2.05, 4.69) is 0 Å². The normalized spacial score (nSPS) is 19.6. The number of ether oxygens (including phenoxy) is 4. The summed E-state index contributed by atoms with van der Waals surface area (Å²) in [6, 6.07) is 77.0. The number of rotatable bonds is 12. The van der Waals surface area contributed by atoms with Crippen LogP contribution in [0.15, 0.2) is 243 Å². The molecule has 4 aliphatic rings. The molecule has 2 saturated heterocycles. The number of carbonyl (C=O) groups excluding carboxylic acids is 2. The van der Waals surface area contributed by atoms with Crippen molar-refractivity contribution in [1.29, 1.82) is 0 Å². The van der Waals surface area contributed by atoms with Crippen molar-refractivity contribution in [2.75, 3.05) is 28.2 Å². The highest BCUT2D eigenvalue weighted by Crippen LogP contribution is 2.55. The van der Waals surface area contributed by atoms with Crippen LogP contribution in [-0.4, -0.2) is 106 Å². The molecule has 460 valence electrons. The molecule has 2 aliphatic carbocycles. The maximum Gasteiger partial charge on any atom is 0.218 e. The van der Waals surface area contributed by atoms with Gasteiger partial charge in [0.1, 0.15) is 46.8 Å². The predicted molar refractivity (Wildman–Crippen MR) is 343 cm³/mol. The molecule has 2 heterocycles. The van der Waals surface area contributed by atoms with E-state index in [1.54, 1.807) is 28.2 Å². The van der Waals surface area contributed by atoms with Crippen LogP contribution >= 0.6 is 0 Å². The van der Waals surface area contributed by atoms with Crippen molar-refractivity contribution in [3.05, 3.63) is 287 Å². The molecule has 2 spiro atoms. The first kappa shape index (κ1) is 64.8. The first-order valence-corrected chi connectivity index (χ1v) is 30.8. The minimum Gasteiger partial charge on any atom is -0.378 e. The number of hydrogen-bond acceptors (Lipinski definition) is 10. The fraction of sp³-hybridized carbons (Fsp3) is 0.342. The van der Waals surface area contributed by atoms with Crippen LogP contribution in [0.4, 0.5) is 0 Å². The summed E-state index contributed by atoms with van der Waals surface area (Å²) < 4.78 is 27.7. The average molecular weight is 1190 g/mol. The molecular formula is C76H86N2O10. The van der Waals surface area contributed by atoms with Gasteiger partial charge in [0.25, 0.3) is 0 Å². The summed E-state index contributed by atoms with van der Waals surface area (Å²) in [5.41, 5.74) is -0.747. The molecule has 12 heteroatoms. The lowest BCUT2D eigenvalue weighted by atomic mass is 9.72. The largest absolute Gasteiger partial charge is 0.378 e. The number of aliphatic hydroxyl groups is 4. The molecule has 2 amide bonds. The Kier molecular flexibility index (Phi) is 21.1. The van der Waals surface area contributed by atoms with E-state index in [9.17, 15) is 30.0 Å². The summed E-state index contributed by atoms with van der Waals surface area (Å²) in [6.07, 6.45) is 5.45. The number of hydrogen-bond donors (Lipinski definition) is 4. The summed E-state index contributed by atoms with van der Waals surface area (Å²) in [5.74, 6) is -1.56. The Morgan fingerprint density at radius 1 is 0.307 bits per heavy atom. The first-order valence-electron chi connectivity index (χ1n) is 30.8. The Balaban J connectivity index is 0.000000177. The Morgan fingerprint density at radius 3 is 0.568 bits per heavy atom. The summed E-state index contributed by atoms with van der Waals surface area (Å²) in [7, 11) is 6.90. The molecule has 4 N–H and O–H groups in total. The highest BCUT2D eigenvalue weighted by atomic mass is 16.8. The topological polar surface area (TPSA) is 158 Å². The van der Waals surface area contributed by atoms with Crippen LogP contribution in [0.3, 0.4) is 0 Å². The molecule has 2 aliphatic heterocycles. The average Bonchev–Trinajstić information content (AvgIpc) is 1.53. The second kappa shape index (κ2) is 28.7. The van der Waals surface area contributed by atoms with Crippen LogP contribution in [0.5, 0.6) is 0 Å². The van der Waals surface area contributed by atoms with Crippen molar-refractivity contribution in [2.24, 2.45) is 0 Å². The number of nitrogens with zero attached hydrogens (tertiary/aromatic N) is 2. The zero-order valence-corrected chi connectivity index (χ0v) is 51.6. The second-order valence-electron chi connectivity index (χ2n) is 23.9. The maximum absolute atomic E-state index is 12.9. The molecule has 8 aromatic carbocycles. The molecule has 88 heavy (non-hydrogen) atoms. The summed E-state index contributed by atoms with van der Waals surface area (Å²) in [6.45, 7) is 3.06. The third-order valence-electron chi connectivity index (χ3n) is 17.8. The zero-order chi connectivity index (χ0) is 62.4. The van der Waals surface area contributed by atoms with Crippen LogP contribution < -0.4 is 0 Å². The van der Waals surface area contributed by atoms with E-state index in [-0.39, 0.29) is 11.8 Å². The molecule has 2 saturated carbocycles. The fourth-order valence-corrected chi connectivity index (χ4v) is 12.6. The molecule has 0 radical (unpaired) electrons. The van der Waals surface area contributed by atoms with Gasteiger partial charge in [-0.25, -0.2) is 0 Å². The van der Waals surface area contributed by atoms with Gasteiger partial charge in [-0.05, 0) is 70.2 Å². The monoisotopic (exact) mass is 1190 g/mol. The number of carbonyl (C=O) groups is 2. The summed E-state index contributed by atoms with van der Waals surface area (Å²) >= 11 is 0. The Bertz CT molecular complexity index is 2820. The van der Waals surface area contributed by atoms with E-state index in [4.69, 9.17) is 18.9 Å². The van der Waals surface area contributed by atoms with Crippen molar-refractivity contribution in [3.63, 3.8) is 0 Å². The van der Waals surface area contributed by atoms with E-state index in [0.29, 0.717) is 44.5 Å². The van der Waals surface area contributed by atoms with Crippen LogP contribution in [0, 0.1) is 0 Å². The van der Waals surface area contributed by atoms with Crippen molar-refractivity contribution >= 4 is 11.8 Å². The number of benzene rings is 8. The Morgan fingerprint density at radius 2 is 0.443 bits per heavy atom.